The van der Waals surface area contributed by atoms with Gasteiger partial charge in [0.1, 0.15) is 0 Å². The van der Waals surface area contributed by atoms with Crippen molar-refractivity contribution in [3.63, 3.8) is 0 Å². The summed E-state index contributed by atoms with van der Waals surface area (Å²) in [6.45, 7) is -0.532. The van der Waals surface area contributed by atoms with Gasteiger partial charge >= 0.3 is 6.72 Å². The molecule has 1 fully saturated rings. The molecular formula is C3H7O3PS. The quantitative estimate of drug-likeness (QED) is 0.519. The minimum Gasteiger partial charge on any atom is -0.324 e. The molecule has 1 N–H and O–H groups in total. The first kappa shape index (κ1) is 6.65. The van der Waals surface area contributed by atoms with Crippen molar-refractivity contribution in [2.45, 2.75) is 13.0 Å². The van der Waals surface area contributed by atoms with Gasteiger partial charge in [-0.3, -0.25) is 0 Å². The summed E-state index contributed by atoms with van der Waals surface area (Å²) in [6.07, 6.45) is -0.0363. The van der Waals surface area contributed by atoms with Crippen molar-refractivity contribution >= 4 is 18.5 Å². The van der Waals surface area contributed by atoms with Gasteiger partial charge in [0, 0.05) is 0 Å². The molecule has 2 atom stereocenters. The van der Waals surface area contributed by atoms with Crippen LogP contribution in [0.25, 0.3) is 0 Å². The van der Waals surface area contributed by atoms with Crippen LogP contribution in [0.5, 0.6) is 0 Å². The Bertz CT molecular complexity index is 136. The van der Waals surface area contributed by atoms with Crippen LogP contribution < -0.4 is 0 Å². The lowest BCUT2D eigenvalue weighted by molar-refractivity contribution is 0.255. The maximum atomic E-state index is 8.85. The first-order valence-corrected chi connectivity index (χ1v) is 4.85. The van der Waals surface area contributed by atoms with E-state index in [-0.39, 0.29) is 6.10 Å². The molecule has 0 amide bonds. The van der Waals surface area contributed by atoms with Crippen molar-refractivity contribution < 1.29 is 13.9 Å². The Labute approximate surface area is 52.9 Å². The Morgan fingerprint density at radius 3 is 2.62 bits per heavy atom. The lowest BCUT2D eigenvalue weighted by Gasteiger charge is -2.02. The standard InChI is InChI=1S/C3H7O3PS/c1-3-2-5-7(4,8)6-3/h3H,2H2,1H3,(H,4,8). The minimum atomic E-state index is -2.77. The predicted octanol–water partition coefficient (Wildman–Crippen LogP) is 0.638. The molecule has 0 bridgehead atoms. The van der Waals surface area contributed by atoms with Crippen LogP contribution in [0.4, 0.5) is 0 Å². The average Bonchev–Trinajstić information content (AvgIpc) is 1.82. The third kappa shape index (κ3) is 1.50. The third-order valence-corrected chi connectivity index (χ3v) is 2.46. The molecule has 48 valence electrons. The summed E-state index contributed by atoms with van der Waals surface area (Å²) < 4.78 is 9.52. The fraction of sp³-hybridized carbons (Fsp3) is 1.00. The van der Waals surface area contributed by atoms with E-state index in [1.165, 1.54) is 0 Å². The number of hydrogen-bond donors (Lipinski definition) is 1. The van der Waals surface area contributed by atoms with Crippen LogP contribution in [0.3, 0.4) is 0 Å². The maximum Gasteiger partial charge on any atom is 0.324 e. The van der Waals surface area contributed by atoms with Crippen molar-refractivity contribution in [3.05, 3.63) is 0 Å². The molecular weight excluding hydrogens is 147 g/mol. The highest BCUT2D eigenvalue weighted by molar-refractivity contribution is 8.07. The van der Waals surface area contributed by atoms with Gasteiger partial charge in [-0.15, -0.1) is 0 Å². The van der Waals surface area contributed by atoms with Crippen LogP contribution in [0.1, 0.15) is 6.92 Å². The van der Waals surface area contributed by atoms with Crippen LogP contribution in [-0.4, -0.2) is 17.6 Å². The molecule has 1 saturated heterocycles. The smallest absolute Gasteiger partial charge is 0.324 e. The molecule has 0 aromatic heterocycles. The number of hydrogen-bond acceptors (Lipinski definition) is 3. The summed E-state index contributed by atoms with van der Waals surface area (Å²) in [5.74, 6) is 0. The molecule has 0 radical (unpaired) electrons. The highest BCUT2D eigenvalue weighted by Crippen LogP contribution is 2.49. The average molecular weight is 154 g/mol. The van der Waals surface area contributed by atoms with Gasteiger partial charge in [-0.05, 0) is 18.7 Å². The Kier molecular flexibility index (Phi) is 1.70. The summed E-state index contributed by atoms with van der Waals surface area (Å²) in [7, 11) is 0. The van der Waals surface area contributed by atoms with Crippen LogP contribution in [0, 0.1) is 0 Å². The highest BCUT2D eigenvalue weighted by Gasteiger charge is 2.27. The van der Waals surface area contributed by atoms with Gasteiger partial charge in [-0.1, -0.05) is 0 Å². The summed E-state index contributed by atoms with van der Waals surface area (Å²) in [6, 6.07) is 0. The molecule has 0 aromatic rings. The molecule has 5 heteroatoms. The molecule has 1 aliphatic heterocycles. The molecule has 1 rings (SSSR count). The van der Waals surface area contributed by atoms with E-state index < -0.39 is 6.72 Å². The molecule has 3 nitrogen and oxygen atoms in total. The van der Waals surface area contributed by atoms with E-state index in [4.69, 9.17) is 13.9 Å². The van der Waals surface area contributed by atoms with Gasteiger partial charge in [0.25, 0.3) is 0 Å². The Balaban J connectivity index is 2.57. The second-order valence-corrected chi connectivity index (χ2v) is 4.47. The Hall–Kier alpha value is 0.530. The third-order valence-electron chi connectivity index (χ3n) is 0.786. The van der Waals surface area contributed by atoms with Crippen molar-refractivity contribution in [2.75, 3.05) is 6.61 Å². The molecule has 0 saturated carbocycles. The lowest BCUT2D eigenvalue weighted by atomic mass is 10.5. The summed E-state index contributed by atoms with van der Waals surface area (Å²) in [5, 5.41) is 0. The zero-order chi connectivity index (χ0) is 6.20. The SMILES string of the molecule is CC1COP(O)(=S)O1. The van der Waals surface area contributed by atoms with E-state index in [0.29, 0.717) is 6.61 Å². The lowest BCUT2D eigenvalue weighted by Crippen LogP contribution is -1.99. The van der Waals surface area contributed by atoms with Gasteiger partial charge in [0.05, 0.1) is 12.7 Å². The first-order valence-electron chi connectivity index (χ1n) is 2.26. The highest BCUT2D eigenvalue weighted by atomic mass is 32.5. The normalized spacial score (nSPS) is 47.5. The number of rotatable bonds is 0. The maximum absolute atomic E-state index is 8.85. The van der Waals surface area contributed by atoms with E-state index in [2.05, 4.69) is 11.8 Å². The van der Waals surface area contributed by atoms with Crippen LogP contribution in [0.2, 0.25) is 0 Å². The fourth-order valence-electron chi connectivity index (χ4n) is 0.487. The predicted molar refractivity (Wildman–Crippen MR) is 33.0 cm³/mol. The van der Waals surface area contributed by atoms with Crippen molar-refractivity contribution in [1.82, 2.24) is 0 Å². The first-order chi connectivity index (χ1) is 3.60. The monoisotopic (exact) mass is 154 g/mol. The van der Waals surface area contributed by atoms with Crippen molar-refractivity contribution in [2.24, 2.45) is 0 Å². The van der Waals surface area contributed by atoms with Crippen molar-refractivity contribution in [1.29, 1.82) is 0 Å². The molecule has 2 unspecified atom stereocenters. The molecule has 1 heterocycles. The molecule has 0 aliphatic carbocycles. The molecule has 0 aromatic carbocycles. The summed E-state index contributed by atoms with van der Waals surface area (Å²) in [4.78, 5) is 8.85. The van der Waals surface area contributed by atoms with Gasteiger partial charge in [-0.25, -0.2) is 0 Å². The zero-order valence-corrected chi connectivity index (χ0v) is 6.11. The van der Waals surface area contributed by atoms with Crippen LogP contribution in [0.15, 0.2) is 0 Å². The van der Waals surface area contributed by atoms with E-state index in [0.717, 1.165) is 0 Å². The minimum absolute atomic E-state index is 0.0363. The van der Waals surface area contributed by atoms with E-state index >= 15 is 0 Å². The summed E-state index contributed by atoms with van der Waals surface area (Å²) in [5.41, 5.74) is 0. The largest absolute Gasteiger partial charge is 0.324 e. The van der Waals surface area contributed by atoms with Gasteiger partial charge in [0.2, 0.25) is 0 Å². The van der Waals surface area contributed by atoms with E-state index in [1.807, 2.05) is 6.92 Å². The van der Waals surface area contributed by atoms with E-state index in [1.54, 1.807) is 0 Å². The Morgan fingerprint density at radius 1 is 1.88 bits per heavy atom. The van der Waals surface area contributed by atoms with Gasteiger partial charge < -0.3 is 13.9 Å². The fourth-order valence-corrected chi connectivity index (χ4v) is 2.09. The Morgan fingerprint density at radius 2 is 2.50 bits per heavy atom. The second-order valence-electron chi connectivity index (χ2n) is 1.68. The molecule has 0 spiro atoms. The second kappa shape index (κ2) is 2.05. The van der Waals surface area contributed by atoms with Gasteiger partial charge in [0.15, 0.2) is 0 Å². The van der Waals surface area contributed by atoms with Gasteiger partial charge in [-0.2, -0.15) is 0 Å². The van der Waals surface area contributed by atoms with Crippen molar-refractivity contribution in [3.8, 4) is 0 Å². The van der Waals surface area contributed by atoms with Crippen LogP contribution >= 0.6 is 6.72 Å². The van der Waals surface area contributed by atoms with Crippen LogP contribution in [-0.2, 0) is 20.9 Å². The topological polar surface area (TPSA) is 38.7 Å². The molecule has 1 aliphatic rings. The summed E-state index contributed by atoms with van der Waals surface area (Å²) >= 11 is 4.51. The van der Waals surface area contributed by atoms with E-state index in [9.17, 15) is 0 Å². The molecule has 8 heavy (non-hydrogen) atoms. The zero-order valence-electron chi connectivity index (χ0n) is 4.40.